The Hall–Kier alpha value is -3.82. The first-order valence-corrected chi connectivity index (χ1v) is 6.35. The van der Waals surface area contributed by atoms with E-state index in [-0.39, 0.29) is 11.1 Å². The number of nitro groups is 2. The summed E-state index contributed by atoms with van der Waals surface area (Å²) < 4.78 is 0. The second-order valence-corrected chi connectivity index (χ2v) is 4.91. The third-order valence-corrected chi connectivity index (χ3v) is 3.61. The average molecular weight is 330 g/mol. The molecule has 0 unspecified atom stereocenters. The van der Waals surface area contributed by atoms with Crippen molar-refractivity contribution in [3.8, 4) is 11.5 Å². The van der Waals surface area contributed by atoms with Gasteiger partial charge >= 0.3 is 0 Å². The number of benzene rings is 2. The highest BCUT2D eigenvalue weighted by molar-refractivity contribution is 6.31. The Morgan fingerprint density at radius 2 is 1.08 bits per heavy atom. The summed E-state index contributed by atoms with van der Waals surface area (Å²) in [5.41, 5.74) is -3.70. The van der Waals surface area contributed by atoms with Gasteiger partial charge < -0.3 is 10.2 Å². The first-order chi connectivity index (χ1) is 11.2. The molecule has 0 saturated carbocycles. The van der Waals surface area contributed by atoms with Gasteiger partial charge in [0, 0.05) is 23.3 Å². The van der Waals surface area contributed by atoms with Crippen LogP contribution >= 0.6 is 0 Å². The molecule has 0 aliphatic heterocycles. The second kappa shape index (κ2) is 4.84. The Morgan fingerprint density at radius 3 is 1.38 bits per heavy atom. The van der Waals surface area contributed by atoms with Crippen LogP contribution in [0.3, 0.4) is 0 Å². The highest BCUT2D eigenvalue weighted by Gasteiger charge is 2.41. The number of phenolic OH excluding ortho intramolecular Hbond substituents is 2. The molecule has 0 heterocycles. The largest absolute Gasteiger partial charge is 0.504 e. The normalized spacial score (nSPS) is 12.5. The number of aromatic hydroxyl groups is 2. The number of carbonyl (C=O) groups is 2. The fourth-order valence-electron chi connectivity index (χ4n) is 2.57. The monoisotopic (exact) mass is 330 g/mol. The van der Waals surface area contributed by atoms with E-state index in [4.69, 9.17) is 0 Å². The summed E-state index contributed by atoms with van der Waals surface area (Å²) in [4.78, 5) is 45.5. The van der Waals surface area contributed by atoms with Crippen LogP contribution in [0.1, 0.15) is 31.8 Å². The van der Waals surface area contributed by atoms with Crippen molar-refractivity contribution in [1.29, 1.82) is 0 Å². The van der Waals surface area contributed by atoms with Gasteiger partial charge in [-0.25, -0.2) is 0 Å². The molecule has 0 amide bonds. The Balaban J connectivity index is 2.44. The number of nitrogens with zero attached hydrogens (tertiary/aromatic N) is 2. The summed E-state index contributed by atoms with van der Waals surface area (Å²) >= 11 is 0. The summed E-state index contributed by atoms with van der Waals surface area (Å²) in [7, 11) is 0. The Labute approximate surface area is 131 Å². The molecule has 10 nitrogen and oxygen atoms in total. The summed E-state index contributed by atoms with van der Waals surface area (Å²) in [6.45, 7) is 0. The number of phenols is 2. The first-order valence-electron chi connectivity index (χ1n) is 6.35. The van der Waals surface area contributed by atoms with Gasteiger partial charge in [0.25, 0.3) is 11.4 Å². The van der Waals surface area contributed by atoms with E-state index >= 15 is 0 Å². The quantitative estimate of drug-likeness (QED) is 0.407. The van der Waals surface area contributed by atoms with E-state index < -0.39 is 55.4 Å². The minimum Gasteiger partial charge on any atom is -0.504 e. The van der Waals surface area contributed by atoms with Crippen molar-refractivity contribution in [2.24, 2.45) is 0 Å². The van der Waals surface area contributed by atoms with Crippen molar-refractivity contribution in [1.82, 2.24) is 0 Å². The summed E-state index contributed by atoms with van der Waals surface area (Å²) in [6, 6.07) is 3.12. The first kappa shape index (κ1) is 15.1. The lowest BCUT2D eigenvalue weighted by Gasteiger charge is -2.17. The van der Waals surface area contributed by atoms with Gasteiger partial charge in [-0.1, -0.05) is 0 Å². The zero-order valence-corrected chi connectivity index (χ0v) is 11.5. The smallest absolute Gasteiger partial charge is 0.281 e. The van der Waals surface area contributed by atoms with Gasteiger partial charge in [-0.3, -0.25) is 29.8 Å². The van der Waals surface area contributed by atoms with Crippen molar-refractivity contribution in [2.75, 3.05) is 0 Å². The van der Waals surface area contributed by atoms with Crippen molar-refractivity contribution in [3.05, 3.63) is 66.7 Å². The summed E-state index contributed by atoms with van der Waals surface area (Å²) in [6.07, 6.45) is 0. The van der Waals surface area contributed by atoms with Crippen molar-refractivity contribution < 1.29 is 29.6 Å². The van der Waals surface area contributed by atoms with Crippen LogP contribution in [-0.4, -0.2) is 31.6 Å². The highest BCUT2D eigenvalue weighted by atomic mass is 16.6. The van der Waals surface area contributed by atoms with E-state index in [1.54, 1.807) is 0 Å². The molecular formula is C14H6N2O8. The maximum absolute atomic E-state index is 12.5. The topological polar surface area (TPSA) is 161 Å². The van der Waals surface area contributed by atoms with Gasteiger partial charge in [-0.05, 0) is 12.1 Å². The SMILES string of the molecule is O=C1c2cc(O)c(O)cc2C(=O)c2c([N+](=O)[O-])ccc([N+](=O)[O-])c21. The Morgan fingerprint density at radius 1 is 0.750 bits per heavy atom. The van der Waals surface area contributed by atoms with Crippen LogP contribution in [0.4, 0.5) is 11.4 Å². The van der Waals surface area contributed by atoms with E-state index in [1.165, 1.54) is 0 Å². The van der Waals surface area contributed by atoms with Crippen LogP contribution in [0.15, 0.2) is 24.3 Å². The number of ketones is 2. The maximum Gasteiger partial charge on any atom is 0.281 e. The van der Waals surface area contributed by atoms with E-state index in [1.807, 2.05) is 0 Å². The fourth-order valence-corrected chi connectivity index (χ4v) is 2.57. The van der Waals surface area contributed by atoms with Gasteiger partial charge in [0.15, 0.2) is 11.5 Å². The molecule has 10 heteroatoms. The third-order valence-electron chi connectivity index (χ3n) is 3.61. The van der Waals surface area contributed by atoms with Crippen molar-refractivity contribution in [3.63, 3.8) is 0 Å². The molecule has 0 saturated heterocycles. The van der Waals surface area contributed by atoms with Gasteiger partial charge in [0.2, 0.25) is 11.6 Å². The number of carbonyl (C=O) groups excluding carboxylic acids is 2. The van der Waals surface area contributed by atoms with Crippen LogP contribution in [0.5, 0.6) is 11.5 Å². The minimum atomic E-state index is -1.02. The standard InChI is InChI=1S/C14H6N2O8/c17-9-3-5-6(4-10(9)18)14(20)12-8(16(23)24)2-1-7(15(21)22)11(12)13(5)19/h1-4,17-18H. The van der Waals surface area contributed by atoms with Gasteiger partial charge in [-0.15, -0.1) is 0 Å². The molecule has 2 aromatic carbocycles. The van der Waals surface area contributed by atoms with Gasteiger partial charge in [0.1, 0.15) is 11.1 Å². The molecule has 0 aromatic heterocycles. The molecular weight excluding hydrogens is 324 g/mol. The molecule has 0 atom stereocenters. The zero-order valence-electron chi connectivity index (χ0n) is 11.5. The molecule has 120 valence electrons. The molecule has 0 radical (unpaired) electrons. The number of fused-ring (bicyclic) bond motifs is 2. The molecule has 3 rings (SSSR count). The molecule has 24 heavy (non-hydrogen) atoms. The summed E-state index contributed by atoms with van der Waals surface area (Å²) in [5, 5.41) is 41.2. The van der Waals surface area contributed by atoms with Crippen molar-refractivity contribution in [2.45, 2.75) is 0 Å². The predicted octanol–water partition coefficient (Wildman–Crippen LogP) is 1.69. The van der Waals surface area contributed by atoms with Crippen LogP contribution < -0.4 is 0 Å². The number of nitro benzene ring substituents is 2. The lowest BCUT2D eigenvalue weighted by Crippen LogP contribution is -2.23. The molecule has 1 aliphatic carbocycles. The average Bonchev–Trinajstić information content (AvgIpc) is 2.52. The lowest BCUT2D eigenvalue weighted by molar-refractivity contribution is -0.389. The van der Waals surface area contributed by atoms with Crippen LogP contribution in [-0.2, 0) is 0 Å². The lowest BCUT2D eigenvalue weighted by atomic mass is 9.82. The van der Waals surface area contributed by atoms with E-state index in [9.17, 15) is 40.0 Å². The highest BCUT2D eigenvalue weighted by Crippen LogP contribution is 2.40. The van der Waals surface area contributed by atoms with E-state index in [2.05, 4.69) is 0 Å². The number of hydrogen-bond acceptors (Lipinski definition) is 8. The summed E-state index contributed by atoms with van der Waals surface area (Å²) in [5.74, 6) is -3.45. The second-order valence-electron chi connectivity index (χ2n) is 4.91. The number of rotatable bonds is 2. The molecule has 2 N–H and O–H groups in total. The maximum atomic E-state index is 12.5. The third kappa shape index (κ3) is 1.90. The van der Waals surface area contributed by atoms with Gasteiger partial charge in [-0.2, -0.15) is 0 Å². The molecule has 0 bridgehead atoms. The van der Waals surface area contributed by atoms with E-state index in [0.717, 1.165) is 24.3 Å². The van der Waals surface area contributed by atoms with Crippen LogP contribution in [0.2, 0.25) is 0 Å². The Bertz CT molecular complexity index is 901. The zero-order chi connectivity index (χ0) is 17.8. The van der Waals surface area contributed by atoms with Crippen molar-refractivity contribution >= 4 is 22.9 Å². The number of hydrogen-bond donors (Lipinski definition) is 2. The molecule has 0 fully saturated rings. The predicted molar refractivity (Wildman–Crippen MR) is 76.4 cm³/mol. The molecule has 1 aliphatic rings. The van der Waals surface area contributed by atoms with Crippen LogP contribution in [0.25, 0.3) is 0 Å². The van der Waals surface area contributed by atoms with Crippen LogP contribution in [0, 0.1) is 20.2 Å². The fraction of sp³-hybridized carbons (Fsp3) is 0. The van der Waals surface area contributed by atoms with Gasteiger partial charge in [0.05, 0.1) is 9.85 Å². The Kier molecular flexibility index (Phi) is 3.04. The molecule has 2 aromatic rings. The van der Waals surface area contributed by atoms with E-state index in [0.29, 0.717) is 0 Å². The minimum absolute atomic E-state index is 0.383. The molecule has 0 spiro atoms.